The third-order valence-corrected chi connectivity index (χ3v) is 2.92. The van der Waals surface area contributed by atoms with Crippen molar-refractivity contribution in [3.8, 4) is 0 Å². The highest BCUT2D eigenvalue weighted by molar-refractivity contribution is 7.88. The number of sulfonamides is 1. The second kappa shape index (κ2) is 6.35. The van der Waals surface area contributed by atoms with Crippen molar-refractivity contribution in [3.05, 3.63) is 41.8 Å². The van der Waals surface area contributed by atoms with Gasteiger partial charge in [-0.2, -0.15) is 4.72 Å². The van der Waals surface area contributed by atoms with Crippen LogP contribution in [0.15, 0.2) is 24.3 Å². The first-order valence-corrected chi connectivity index (χ1v) is 7.30. The van der Waals surface area contributed by atoms with E-state index in [1.807, 2.05) is 12.1 Å². The lowest BCUT2D eigenvalue weighted by Gasteiger charge is -2.16. The lowest BCUT2D eigenvalue weighted by molar-refractivity contribution is 0.0351. The molecule has 0 aliphatic carbocycles. The van der Waals surface area contributed by atoms with E-state index in [4.69, 9.17) is 16.3 Å². The normalized spacial score (nSPS) is 13.6. The van der Waals surface area contributed by atoms with Gasteiger partial charge in [-0.15, -0.1) is 0 Å². The Bertz CT molecular complexity index is 444. The molecule has 0 aromatic heterocycles. The van der Waals surface area contributed by atoms with Gasteiger partial charge in [-0.1, -0.05) is 23.7 Å². The second-order valence-corrected chi connectivity index (χ2v) is 5.82. The van der Waals surface area contributed by atoms with Gasteiger partial charge in [-0.05, 0) is 31.0 Å². The molecule has 1 N–H and O–H groups in total. The summed E-state index contributed by atoms with van der Waals surface area (Å²) < 4.78 is 29.8. The summed E-state index contributed by atoms with van der Waals surface area (Å²) in [4.78, 5) is 0. The molecule has 1 aromatic carbocycles. The Morgan fingerprint density at radius 1 is 1.41 bits per heavy atom. The Labute approximate surface area is 107 Å². The molecule has 6 heteroatoms. The van der Waals surface area contributed by atoms with E-state index in [0.717, 1.165) is 11.8 Å². The Balaban J connectivity index is 2.50. The molecule has 0 heterocycles. The molecule has 1 aromatic rings. The molecule has 0 fully saturated rings. The molecular formula is C11H15ClNO3S. The fourth-order valence-electron chi connectivity index (χ4n) is 1.19. The van der Waals surface area contributed by atoms with E-state index in [-0.39, 0.29) is 0 Å². The summed E-state index contributed by atoms with van der Waals surface area (Å²) in [6.07, 6.45) is 0.794. The molecule has 0 aliphatic rings. The number of rotatable bonds is 6. The summed E-state index contributed by atoms with van der Waals surface area (Å²) in [6, 6.07) is 7.15. The highest BCUT2D eigenvalue weighted by atomic mass is 35.5. The van der Waals surface area contributed by atoms with Crippen molar-refractivity contribution < 1.29 is 13.2 Å². The first-order chi connectivity index (χ1) is 7.90. The van der Waals surface area contributed by atoms with E-state index in [9.17, 15) is 8.42 Å². The van der Waals surface area contributed by atoms with Gasteiger partial charge in [0.1, 0.15) is 6.23 Å². The second-order valence-electron chi connectivity index (χ2n) is 3.60. The average Bonchev–Trinajstić information content (AvgIpc) is 2.25. The van der Waals surface area contributed by atoms with Crippen LogP contribution >= 0.6 is 11.6 Å². The van der Waals surface area contributed by atoms with Crippen LogP contribution in [0.25, 0.3) is 0 Å². The highest BCUT2D eigenvalue weighted by Gasteiger charge is 2.11. The van der Waals surface area contributed by atoms with E-state index in [2.05, 4.69) is 11.6 Å². The molecule has 1 unspecified atom stereocenters. The topological polar surface area (TPSA) is 55.4 Å². The van der Waals surface area contributed by atoms with Crippen molar-refractivity contribution in [2.45, 2.75) is 19.3 Å². The fourth-order valence-corrected chi connectivity index (χ4v) is 1.98. The molecule has 1 atom stereocenters. The molecule has 0 bridgehead atoms. The van der Waals surface area contributed by atoms with Crippen molar-refractivity contribution in [2.75, 3.05) is 6.26 Å². The Morgan fingerprint density at radius 3 is 2.47 bits per heavy atom. The van der Waals surface area contributed by atoms with E-state index in [1.165, 1.54) is 0 Å². The van der Waals surface area contributed by atoms with Crippen molar-refractivity contribution >= 4 is 21.6 Å². The standard InChI is InChI=1S/C11H15ClNO3S/c1-3-11(13-17(2,14)15)16-8-9-4-6-10(12)7-5-9/h4-7,11,13H,1,3,8H2,2H3. The summed E-state index contributed by atoms with van der Waals surface area (Å²) >= 11 is 5.75. The largest absolute Gasteiger partial charge is 0.358 e. The van der Waals surface area contributed by atoms with Crippen LogP contribution in [0.4, 0.5) is 0 Å². The molecule has 0 spiro atoms. The van der Waals surface area contributed by atoms with Gasteiger partial charge in [-0.3, -0.25) is 0 Å². The molecule has 0 aliphatic heterocycles. The SMILES string of the molecule is [CH2]CC(NS(C)(=O)=O)OCc1ccc(Cl)cc1. The monoisotopic (exact) mass is 276 g/mol. The van der Waals surface area contributed by atoms with E-state index < -0.39 is 16.3 Å². The molecule has 0 amide bonds. The minimum Gasteiger partial charge on any atom is -0.358 e. The zero-order valence-corrected chi connectivity index (χ0v) is 11.1. The van der Waals surface area contributed by atoms with Crippen LogP contribution in [0.2, 0.25) is 5.02 Å². The zero-order chi connectivity index (χ0) is 12.9. The van der Waals surface area contributed by atoms with Gasteiger partial charge in [0.2, 0.25) is 10.0 Å². The van der Waals surface area contributed by atoms with E-state index in [1.54, 1.807) is 12.1 Å². The lowest BCUT2D eigenvalue weighted by Crippen LogP contribution is -2.35. The van der Waals surface area contributed by atoms with Gasteiger partial charge in [0.15, 0.2) is 0 Å². The predicted molar refractivity (Wildman–Crippen MR) is 68.0 cm³/mol. The third kappa shape index (κ3) is 6.02. The summed E-state index contributed by atoms with van der Waals surface area (Å²) in [6.45, 7) is 3.93. The smallest absolute Gasteiger partial charge is 0.210 e. The lowest BCUT2D eigenvalue weighted by atomic mass is 10.2. The molecule has 95 valence electrons. The number of ether oxygens (including phenoxy) is 1. The summed E-state index contributed by atoms with van der Waals surface area (Å²) in [5, 5.41) is 0.650. The number of nitrogens with one attached hydrogen (secondary N) is 1. The van der Waals surface area contributed by atoms with E-state index in [0.29, 0.717) is 18.1 Å². The van der Waals surface area contributed by atoms with Crippen molar-refractivity contribution in [2.24, 2.45) is 0 Å². The fraction of sp³-hybridized carbons (Fsp3) is 0.364. The van der Waals surface area contributed by atoms with Gasteiger partial charge in [0, 0.05) is 5.02 Å². The van der Waals surface area contributed by atoms with Gasteiger partial charge < -0.3 is 4.74 Å². The molecular weight excluding hydrogens is 262 g/mol. The van der Waals surface area contributed by atoms with Crippen LogP contribution < -0.4 is 4.72 Å². The van der Waals surface area contributed by atoms with Crippen LogP contribution in [0.5, 0.6) is 0 Å². The molecule has 0 saturated carbocycles. The molecule has 1 radical (unpaired) electrons. The number of hydrogen-bond donors (Lipinski definition) is 1. The summed E-state index contributed by atoms with van der Waals surface area (Å²) in [5.74, 6) is 0. The molecule has 0 saturated heterocycles. The minimum atomic E-state index is -3.28. The Hall–Kier alpha value is -0.620. The quantitative estimate of drug-likeness (QED) is 0.808. The van der Waals surface area contributed by atoms with Crippen LogP contribution in [-0.4, -0.2) is 20.9 Å². The minimum absolute atomic E-state index is 0.305. The van der Waals surface area contributed by atoms with Crippen LogP contribution in [0.3, 0.4) is 0 Å². The Morgan fingerprint density at radius 2 is 2.00 bits per heavy atom. The maximum atomic E-state index is 11.0. The highest BCUT2D eigenvalue weighted by Crippen LogP contribution is 2.11. The van der Waals surface area contributed by atoms with E-state index >= 15 is 0 Å². The van der Waals surface area contributed by atoms with Crippen LogP contribution in [0, 0.1) is 6.92 Å². The average molecular weight is 277 g/mol. The van der Waals surface area contributed by atoms with Crippen molar-refractivity contribution in [1.82, 2.24) is 4.72 Å². The molecule has 4 nitrogen and oxygen atoms in total. The van der Waals surface area contributed by atoms with Crippen LogP contribution in [-0.2, 0) is 21.4 Å². The van der Waals surface area contributed by atoms with Gasteiger partial charge >= 0.3 is 0 Å². The van der Waals surface area contributed by atoms with Crippen LogP contribution in [0.1, 0.15) is 12.0 Å². The third-order valence-electron chi connectivity index (χ3n) is 1.97. The summed E-state index contributed by atoms with van der Waals surface area (Å²) in [7, 11) is -3.28. The number of halogens is 1. The first kappa shape index (κ1) is 14.4. The first-order valence-electron chi connectivity index (χ1n) is 5.03. The zero-order valence-electron chi connectivity index (χ0n) is 9.52. The summed E-state index contributed by atoms with van der Waals surface area (Å²) in [5.41, 5.74) is 0.920. The number of hydrogen-bond acceptors (Lipinski definition) is 3. The molecule has 17 heavy (non-hydrogen) atoms. The Kier molecular flexibility index (Phi) is 5.39. The van der Waals surface area contributed by atoms with Crippen molar-refractivity contribution in [3.63, 3.8) is 0 Å². The maximum absolute atomic E-state index is 11.0. The molecule has 1 rings (SSSR count). The van der Waals surface area contributed by atoms with Crippen molar-refractivity contribution in [1.29, 1.82) is 0 Å². The van der Waals surface area contributed by atoms with Gasteiger partial charge in [0.25, 0.3) is 0 Å². The van der Waals surface area contributed by atoms with Gasteiger partial charge in [0.05, 0.1) is 12.9 Å². The predicted octanol–water partition coefficient (Wildman–Crippen LogP) is 1.96. The number of benzene rings is 1. The maximum Gasteiger partial charge on any atom is 0.210 e. The van der Waals surface area contributed by atoms with Gasteiger partial charge in [-0.25, -0.2) is 8.42 Å².